The third-order valence-corrected chi connectivity index (χ3v) is 7.16. The molecule has 11 heteroatoms. The van der Waals surface area contributed by atoms with Gasteiger partial charge in [-0.1, -0.05) is 19.1 Å². The van der Waals surface area contributed by atoms with Crippen molar-refractivity contribution >= 4 is 33.6 Å². The summed E-state index contributed by atoms with van der Waals surface area (Å²) >= 11 is 0. The summed E-state index contributed by atoms with van der Waals surface area (Å²) in [5, 5.41) is 4.00. The second kappa shape index (κ2) is 7.65. The predicted octanol–water partition coefficient (Wildman–Crippen LogP) is 1.47. The molecule has 1 aromatic carbocycles. The number of nitrogens with zero attached hydrogens (tertiary/aromatic N) is 2. The Labute approximate surface area is 178 Å². The van der Waals surface area contributed by atoms with Gasteiger partial charge in [-0.15, -0.1) is 0 Å². The number of anilines is 1. The van der Waals surface area contributed by atoms with Crippen LogP contribution in [0.2, 0.25) is 0 Å². The number of carbonyl (C=O) groups is 3. The van der Waals surface area contributed by atoms with Crippen LogP contribution in [0.3, 0.4) is 0 Å². The van der Waals surface area contributed by atoms with Gasteiger partial charge < -0.3 is 4.74 Å². The number of urea groups is 1. The number of aryl methyl sites for hydroxylation is 1. The van der Waals surface area contributed by atoms with E-state index in [2.05, 4.69) is 4.98 Å². The maximum Gasteiger partial charge on any atom is 0.328 e. The molecule has 10 nitrogen and oxygen atoms in total. The van der Waals surface area contributed by atoms with Gasteiger partial charge >= 0.3 is 6.03 Å². The van der Waals surface area contributed by atoms with Crippen LogP contribution < -0.4 is 19.7 Å². The summed E-state index contributed by atoms with van der Waals surface area (Å²) < 4.78 is 32.2. The number of hydrogen-bond donors (Lipinski definition) is 2. The molecular weight excluding hydrogens is 424 g/mol. The zero-order chi connectivity index (χ0) is 22.2. The van der Waals surface area contributed by atoms with Gasteiger partial charge in [-0.2, -0.15) is 0 Å². The van der Waals surface area contributed by atoms with Gasteiger partial charge in [0.1, 0.15) is 5.75 Å². The van der Waals surface area contributed by atoms with E-state index < -0.39 is 33.4 Å². The molecule has 1 spiro atoms. The highest BCUT2D eigenvalue weighted by atomic mass is 32.2. The van der Waals surface area contributed by atoms with Crippen LogP contribution in [0, 0.1) is 0 Å². The first-order valence-electron chi connectivity index (χ1n) is 9.69. The van der Waals surface area contributed by atoms with E-state index >= 15 is 0 Å². The molecule has 0 unspecified atom stereocenters. The van der Waals surface area contributed by atoms with Crippen LogP contribution in [0.15, 0.2) is 42.6 Å². The van der Waals surface area contributed by atoms with Crippen molar-refractivity contribution in [3.8, 4) is 11.6 Å². The van der Waals surface area contributed by atoms with Crippen LogP contribution in [0.1, 0.15) is 25.3 Å². The van der Waals surface area contributed by atoms with Gasteiger partial charge in [0.2, 0.25) is 21.4 Å². The van der Waals surface area contributed by atoms with Gasteiger partial charge in [0, 0.05) is 6.07 Å². The summed E-state index contributed by atoms with van der Waals surface area (Å²) in [5.41, 5.74) is -0.919. The first-order valence-corrected chi connectivity index (χ1v) is 11.3. The highest BCUT2D eigenvalue weighted by molar-refractivity contribution is 7.93. The number of hydrogen-bond acceptors (Lipinski definition) is 7. The molecule has 162 valence electrons. The molecule has 0 saturated carbocycles. The fourth-order valence-electron chi connectivity index (χ4n) is 3.75. The van der Waals surface area contributed by atoms with E-state index in [1.165, 1.54) is 18.3 Å². The zero-order valence-electron chi connectivity index (χ0n) is 16.6. The van der Waals surface area contributed by atoms with Gasteiger partial charge in [-0.25, -0.2) is 22.5 Å². The van der Waals surface area contributed by atoms with Crippen molar-refractivity contribution in [1.29, 1.82) is 0 Å². The number of carbonyl (C=O) groups excluding carboxylic acids is 3. The summed E-state index contributed by atoms with van der Waals surface area (Å²) in [6.07, 6.45) is 2.14. The fourth-order valence-corrected chi connectivity index (χ4v) is 5.60. The fraction of sp³-hybridized carbons (Fsp3) is 0.300. The molecular formula is C20H20N4O6S. The number of pyridine rings is 1. The van der Waals surface area contributed by atoms with Crippen LogP contribution in [0.4, 0.5) is 10.5 Å². The first-order chi connectivity index (χ1) is 14.8. The van der Waals surface area contributed by atoms with Crippen molar-refractivity contribution in [1.82, 2.24) is 15.6 Å². The Balaban J connectivity index is 1.67. The van der Waals surface area contributed by atoms with Crippen molar-refractivity contribution in [2.75, 3.05) is 10.1 Å². The van der Waals surface area contributed by atoms with Gasteiger partial charge in [0.05, 0.1) is 17.6 Å². The van der Waals surface area contributed by atoms with Gasteiger partial charge in [0.25, 0.3) is 11.8 Å². The normalized spacial score (nSPS) is 19.6. The minimum Gasteiger partial charge on any atom is -0.439 e. The van der Waals surface area contributed by atoms with Crippen LogP contribution in [0.25, 0.3) is 0 Å². The summed E-state index contributed by atoms with van der Waals surface area (Å²) in [6, 6.07) is 9.32. The van der Waals surface area contributed by atoms with Gasteiger partial charge in [0.15, 0.2) is 0 Å². The van der Waals surface area contributed by atoms with Crippen LogP contribution in [0.5, 0.6) is 11.6 Å². The van der Waals surface area contributed by atoms with Crippen molar-refractivity contribution in [3.05, 3.63) is 48.2 Å². The van der Waals surface area contributed by atoms with Gasteiger partial charge in [-0.05, 0) is 43.0 Å². The Morgan fingerprint density at radius 1 is 1.06 bits per heavy atom. The molecule has 1 aromatic heterocycles. The highest BCUT2D eigenvalue weighted by Crippen LogP contribution is 2.37. The second-order valence-electron chi connectivity index (χ2n) is 7.24. The van der Waals surface area contributed by atoms with E-state index in [9.17, 15) is 22.8 Å². The molecule has 2 aromatic rings. The number of imide groups is 2. The van der Waals surface area contributed by atoms with Crippen molar-refractivity contribution in [3.63, 3.8) is 0 Å². The topological polar surface area (TPSA) is 135 Å². The maximum atomic E-state index is 12.9. The minimum absolute atomic E-state index is 0.0213. The molecule has 0 bridgehead atoms. The van der Waals surface area contributed by atoms with Crippen molar-refractivity contribution in [2.45, 2.75) is 31.7 Å². The summed E-state index contributed by atoms with van der Waals surface area (Å²) in [6.45, 7) is 2.04. The van der Waals surface area contributed by atoms with Crippen LogP contribution >= 0.6 is 0 Å². The minimum atomic E-state index is -4.03. The molecule has 3 heterocycles. The largest absolute Gasteiger partial charge is 0.439 e. The highest BCUT2D eigenvalue weighted by Gasteiger charge is 2.60. The number of sulfonamides is 1. The molecule has 2 saturated heterocycles. The van der Waals surface area contributed by atoms with E-state index in [1.807, 2.05) is 29.7 Å². The molecule has 2 N–H and O–H groups in total. The third kappa shape index (κ3) is 3.61. The lowest BCUT2D eigenvalue weighted by atomic mass is 9.89. The molecule has 4 amide bonds. The number of nitrogens with one attached hydrogen (secondary N) is 2. The maximum absolute atomic E-state index is 12.9. The molecule has 2 aliphatic heterocycles. The number of amides is 4. The molecule has 2 fully saturated rings. The van der Waals surface area contributed by atoms with E-state index in [1.54, 1.807) is 12.1 Å². The van der Waals surface area contributed by atoms with Crippen molar-refractivity contribution < 1.29 is 27.5 Å². The average Bonchev–Trinajstić information content (AvgIpc) is 2.73. The zero-order valence-corrected chi connectivity index (χ0v) is 17.4. The lowest BCUT2D eigenvalue weighted by Crippen LogP contribution is -2.75. The molecule has 2 aliphatic rings. The summed E-state index contributed by atoms with van der Waals surface area (Å²) in [4.78, 5) is 41.0. The molecule has 4 rings (SSSR count). The van der Waals surface area contributed by atoms with E-state index in [-0.39, 0.29) is 30.2 Å². The Morgan fingerprint density at radius 2 is 1.74 bits per heavy atom. The number of rotatable bonds is 4. The predicted molar refractivity (Wildman–Crippen MR) is 110 cm³/mol. The number of benzene rings is 1. The Kier molecular flexibility index (Phi) is 5.13. The first kappa shape index (κ1) is 20.8. The standard InChI is InChI=1S/C20H20N4O6S/c1-2-13-4-7-15(8-5-13)30-16-9-6-14(12-21-16)24-20(10-3-11-31(24,28)29)17(25)22-19(27)23-18(20)26/h4-9,12H,2-3,10-11H2,1H3,(H2,22,23,25,26,27). The van der Waals surface area contributed by atoms with Gasteiger partial charge in [-0.3, -0.25) is 20.2 Å². The number of aromatic nitrogens is 1. The van der Waals surface area contributed by atoms with E-state index in [4.69, 9.17) is 4.74 Å². The Morgan fingerprint density at radius 3 is 2.32 bits per heavy atom. The lowest BCUT2D eigenvalue weighted by Gasteiger charge is -2.45. The van der Waals surface area contributed by atoms with Crippen LogP contribution in [-0.2, 0) is 26.0 Å². The third-order valence-electron chi connectivity index (χ3n) is 5.28. The Hall–Kier alpha value is -3.47. The van der Waals surface area contributed by atoms with E-state index in [0.29, 0.717) is 5.75 Å². The molecule has 0 aliphatic carbocycles. The monoisotopic (exact) mass is 444 g/mol. The van der Waals surface area contributed by atoms with Crippen molar-refractivity contribution in [2.24, 2.45) is 0 Å². The van der Waals surface area contributed by atoms with E-state index in [0.717, 1.165) is 16.3 Å². The lowest BCUT2D eigenvalue weighted by molar-refractivity contribution is -0.137. The molecule has 0 atom stereocenters. The van der Waals surface area contributed by atoms with Crippen LogP contribution in [-0.4, -0.2) is 42.5 Å². The summed E-state index contributed by atoms with van der Waals surface area (Å²) in [7, 11) is -4.03. The average molecular weight is 444 g/mol. The Bertz CT molecular complexity index is 1130. The molecule has 0 radical (unpaired) electrons. The quantitative estimate of drug-likeness (QED) is 0.682. The summed E-state index contributed by atoms with van der Waals surface area (Å²) in [5.74, 6) is -1.44. The second-order valence-corrected chi connectivity index (χ2v) is 9.17. The SMILES string of the molecule is CCc1ccc(Oc2ccc(N3C4(CCCS3(=O)=O)C(=O)NC(=O)NC4=O)cn2)cc1. The number of ether oxygens (including phenoxy) is 1. The smallest absolute Gasteiger partial charge is 0.328 e. The molecule has 31 heavy (non-hydrogen) atoms. The number of barbiturate groups is 1.